The Morgan fingerprint density at radius 3 is 1.60 bits per heavy atom. The van der Waals surface area contributed by atoms with Crippen molar-refractivity contribution in [2.24, 2.45) is 0 Å². The second kappa shape index (κ2) is 14.7. The maximum Gasteiger partial charge on any atom is -1.00 e. The monoisotopic (exact) mass is 764 g/mol. The summed E-state index contributed by atoms with van der Waals surface area (Å²) < 4.78 is 7.53. The molecule has 5 heteroatoms. The third-order valence-corrected chi connectivity index (χ3v) is 29.9. The van der Waals surface area contributed by atoms with E-state index in [1.54, 1.807) is 16.7 Å². The fourth-order valence-corrected chi connectivity index (χ4v) is 28.3. The molecule has 0 aliphatic heterocycles. The first-order chi connectivity index (χ1) is 22.2. The zero-order valence-electron chi connectivity index (χ0n) is 29.3. The number of halogens is 2. The number of aryl methyl sites for hydroxylation is 3. The van der Waals surface area contributed by atoms with Gasteiger partial charge in [0, 0.05) is 0 Å². The van der Waals surface area contributed by atoms with Crippen LogP contribution in [0.2, 0.25) is 13.1 Å². The molecule has 7 rings (SSSR count). The molecule has 2 unspecified atom stereocenters. The Kier molecular flexibility index (Phi) is 11.2. The van der Waals surface area contributed by atoms with E-state index in [0.717, 1.165) is 17.9 Å². The van der Waals surface area contributed by atoms with E-state index in [1.807, 2.05) is 0 Å². The van der Waals surface area contributed by atoms with Gasteiger partial charge >= 0.3 is 285 Å². The van der Waals surface area contributed by atoms with E-state index in [9.17, 15) is 0 Å². The van der Waals surface area contributed by atoms with E-state index < -0.39 is 25.8 Å². The fourth-order valence-electron chi connectivity index (χ4n) is 8.10. The molecule has 2 aliphatic carbocycles. The molecule has 48 heavy (non-hydrogen) atoms. The maximum absolute atomic E-state index is 6.52. The summed E-state index contributed by atoms with van der Waals surface area (Å²) in [5.41, 5.74) is 19.7. The van der Waals surface area contributed by atoms with Crippen molar-refractivity contribution >= 4 is 23.2 Å². The Balaban J connectivity index is 0.00000225. The molecule has 2 atom stereocenters. The summed E-state index contributed by atoms with van der Waals surface area (Å²) in [6.07, 6.45) is 6.26. The van der Waals surface area contributed by atoms with Crippen LogP contribution in [0.4, 0.5) is 0 Å². The summed E-state index contributed by atoms with van der Waals surface area (Å²) >= 11 is -2.42. The molecule has 0 N–H and O–H groups in total. The van der Waals surface area contributed by atoms with Gasteiger partial charge in [0.2, 0.25) is 0 Å². The van der Waals surface area contributed by atoms with Crippen LogP contribution in [0.15, 0.2) is 94.9 Å². The van der Waals surface area contributed by atoms with Crippen molar-refractivity contribution in [3.05, 3.63) is 147 Å². The molecule has 0 bridgehead atoms. The molecule has 2 aliphatic rings. The Morgan fingerprint density at radius 2 is 1.15 bits per heavy atom. The van der Waals surface area contributed by atoms with Crippen molar-refractivity contribution in [3.8, 4) is 22.3 Å². The number of benzene rings is 4. The van der Waals surface area contributed by atoms with Gasteiger partial charge in [-0.3, -0.25) is 0 Å². The third-order valence-electron chi connectivity index (χ3n) is 10.5. The Morgan fingerprint density at radius 1 is 0.646 bits per heavy atom. The molecule has 1 aromatic heterocycles. The summed E-state index contributed by atoms with van der Waals surface area (Å²) in [6, 6.07) is 31.7. The van der Waals surface area contributed by atoms with Gasteiger partial charge in [0.15, 0.2) is 0 Å². The summed E-state index contributed by atoms with van der Waals surface area (Å²) in [4.78, 5) is 0. The van der Waals surface area contributed by atoms with Gasteiger partial charge in [0.25, 0.3) is 0 Å². The summed E-state index contributed by atoms with van der Waals surface area (Å²) in [7, 11) is 0. The Hall–Kier alpha value is -2.68. The van der Waals surface area contributed by atoms with Gasteiger partial charge < -0.3 is 24.8 Å². The van der Waals surface area contributed by atoms with Gasteiger partial charge in [-0.15, -0.1) is 0 Å². The van der Waals surface area contributed by atoms with Crippen molar-refractivity contribution in [1.82, 2.24) is 0 Å². The number of rotatable bonds is 6. The van der Waals surface area contributed by atoms with Gasteiger partial charge in [-0.2, -0.15) is 0 Å². The van der Waals surface area contributed by atoms with Crippen molar-refractivity contribution in [3.63, 3.8) is 0 Å². The minimum absolute atomic E-state index is 0. The number of fused-ring (bicyclic) bond motifs is 2. The molecule has 4 aromatic carbocycles. The quantitative estimate of drug-likeness (QED) is 0.189. The van der Waals surface area contributed by atoms with E-state index in [4.69, 9.17) is 4.42 Å². The van der Waals surface area contributed by atoms with E-state index in [2.05, 4.69) is 152 Å². The fraction of sp³-hybridized carbons (Fsp3) is 0.256. The van der Waals surface area contributed by atoms with Gasteiger partial charge in [0.1, 0.15) is 0 Å². The molecule has 0 fully saturated rings. The molecular weight excluding hydrogens is 723 g/mol. The first-order valence-electron chi connectivity index (χ1n) is 16.7. The van der Waals surface area contributed by atoms with Crippen LogP contribution in [0.5, 0.6) is 0 Å². The molecular formula is C43H44Cl2OSiZr. The SMILES string of the molecule is CCC1=Cc2c(cc(C)c(C)c2-c2ccccc2)[CH]1[Zr+2]([CH]1C(c2ccc(C)o2)=Cc2c1cc(C)c(C)c2-c1ccccc1)=[Si](C)C.[Cl-].[Cl-]. The minimum Gasteiger partial charge on any atom is -1.00 e. The zero-order chi connectivity index (χ0) is 32.3. The van der Waals surface area contributed by atoms with E-state index in [0.29, 0.717) is 7.25 Å². The second-order valence-electron chi connectivity index (χ2n) is 13.5. The average molecular weight is 767 g/mol. The summed E-state index contributed by atoms with van der Waals surface area (Å²) in [5.74, 6) is 2.06. The van der Waals surface area contributed by atoms with Crippen LogP contribution in [0.1, 0.15) is 76.6 Å². The number of hydrogen-bond donors (Lipinski definition) is 0. The first-order valence-corrected chi connectivity index (χ1v) is 25.8. The van der Waals surface area contributed by atoms with Crippen LogP contribution in [0.25, 0.3) is 40.0 Å². The molecule has 0 amide bonds. The molecule has 244 valence electrons. The van der Waals surface area contributed by atoms with Crippen LogP contribution in [-0.2, 0) is 20.4 Å². The predicted molar refractivity (Wildman–Crippen MR) is 195 cm³/mol. The number of hydrogen-bond acceptors (Lipinski definition) is 1. The third kappa shape index (κ3) is 6.15. The Labute approximate surface area is 307 Å². The smallest absolute Gasteiger partial charge is 1.00 e. The van der Waals surface area contributed by atoms with Crippen molar-refractivity contribution < 1.29 is 49.6 Å². The molecule has 0 saturated carbocycles. The van der Waals surface area contributed by atoms with E-state index in [-0.39, 0.29) is 24.8 Å². The Bertz CT molecular complexity index is 2100. The van der Waals surface area contributed by atoms with Crippen molar-refractivity contribution in [1.29, 1.82) is 0 Å². The normalized spacial score (nSPS) is 15.7. The van der Waals surface area contributed by atoms with E-state index >= 15 is 0 Å². The predicted octanol–water partition coefficient (Wildman–Crippen LogP) is 6.18. The average Bonchev–Trinajstić information content (AvgIpc) is 3.75. The van der Waals surface area contributed by atoms with Gasteiger partial charge in [-0.1, -0.05) is 0 Å². The summed E-state index contributed by atoms with van der Waals surface area (Å²) in [6.45, 7) is 19.0. The minimum atomic E-state index is -2.42. The molecule has 1 heterocycles. The topological polar surface area (TPSA) is 13.1 Å². The molecule has 5 aromatic rings. The van der Waals surface area contributed by atoms with Gasteiger partial charge in [-0.05, 0) is 0 Å². The maximum atomic E-state index is 6.52. The second-order valence-corrected chi connectivity index (χ2v) is 31.4. The summed E-state index contributed by atoms with van der Waals surface area (Å²) in [5, 5.41) is 0. The zero-order valence-corrected chi connectivity index (χ0v) is 34.2. The van der Waals surface area contributed by atoms with Crippen LogP contribution < -0.4 is 24.8 Å². The van der Waals surface area contributed by atoms with Crippen LogP contribution in [0, 0.1) is 34.6 Å². The molecule has 0 radical (unpaired) electrons. The van der Waals surface area contributed by atoms with Crippen LogP contribution in [-0.4, -0.2) is 5.43 Å². The molecule has 0 spiro atoms. The van der Waals surface area contributed by atoms with Crippen molar-refractivity contribution in [2.45, 2.75) is 68.3 Å². The van der Waals surface area contributed by atoms with Gasteiger partial charge in [0.05, 0.1) is 0 Å². The first kappa shape index (κ1) is 36.6. The van der Waals surface area contributed by atoms with Crippen LogP contribution in [0.3, 0.4) is 0 Å². The standard InChI is InChI=1S/C22H19O.C19H19.C2H6Si.2ClH.Zr/c1-14-11-18-12-19(21-10-9-15(2)23-21)13-20(18)22(16(14)3)17-7-5-4-6-8-17;1-4-15-11-17-10-13(2)14(3)19(18(17)12-15)16-8-6-5-7-9-16;1-3-2;;;/h4-13H,1-3H3;5-12H,4H2,1-3H3;1-2H3;2*1H;/q;;;;;+2/p-2. The van der Waals surface area contributed by atoms with Crippen LogP contribution >= 0.6 is 0 Å². The van der Waals surface area contributed by atoms with Crippen molar-refractivity contribution in [2.75, 3.05) is 0 Å². The van der Waals surface area contributed by atoms with E-state index in [1.165, 1.54) is 61.2 Å². The molecule has 0 saturated heterocycles. The molecule has 1 nitrogen and oxygen atoms in total. The number of furan rings is 1. The number of allylic oxidation sites excluding steroid dienone is 2. The largest absolute Gasteiger partial charge is 1.00 e. The van der Waals surface area contributed by atoms with Gasteiger partial charge in [-0.25, -0.2) is 0 Å².